The van der Waals surface area contributed by atoms with Crippen molar-refractivity contribution in [3.8, 4) is 0 Å². The maximum absolute atomic E-state index is 10.9. The number of aryl methyl sites for hydroxylation is 1. The van der Waals surface area contributed by atoms with E-state index in [0.29, 0.717) is 6.42 Å². The van der Waals surface area contributed by atoms with Crippen LogP contribution >= 0.6 is 0 Å². The van der Waals surface area contributed by atoms with Crippen LogP contribution in [0.1, 0.15) is 16.8 Å². The van der Waals surface area contributed by atoms with Gasteiger partial charge in [0.05, 0.1) is 6.42 Å². The number of carboxylic acids is 2. The molecule has 3 rings (SSSR count). The van der Waals surface area contributed by atoms with Crippen molar-refractivity contribution in [2.75, 3.05) is 0 Å². The van der Waals surface area contributed by atoms with Crippen LogP contribution in [-0.2, 0) is 29.5 Å². The van der Waals surface area contributed by atoms with Gasteiger partial charge in [0, 0.05) is 29.7 Å². The predicted molar refractivity (Wildman–Crippen MR) is 111 cm³/mol. The van der Waals surface area contributed by atoms with E-state index in [4.69, 9.17) is 10.2 Å². The molecule has 144 valence electrons. The molecule has 0 spiro atoms. The predicted octanol–water partition coefficient (Wildman–Crippen LogP) is 4.32. The molecule has 0 unspecified atom stereocenters. The van der Waals surface area contributed by atoms with Crippen molar-refractivity contribution in [2.45, 2.75) is 12.8 Å². The van der Waals surface area contributed by atoms with E-state index in [2.05, 4.69) is 6.58 Å². The summed E-state index contributed by atoms with van der Waals surface area (Å²) in [4.78, 5) is 21.0. The number of fused-ring (bicyclic) bond motifs is 1. The van der Waals surface area contributed by atoms with E-state index < -0.39 is 11.9 Å². The number of aliphatic carboxylic acids is 2. The monoisotopic (exact) mass is 377 g/mol. The van der Waals surface area contributed by atoms with Gasteiger partial charge in [-0.1, -0.05) is 54.6 Å². The van der Waals surface area contributed by atoms with Gasteiger partial charge in [0.2, 0.25) is 0 Å². The molecular weight excluding hydrogens is 354 g/mol. The van der Waals surface area contributed by atoms with Crippen molar-refractivity contribution >= 4 is 28.9 Å². The highest BCUT2D eigenvalue weighted by molar-refractivity contribution is 5.87. The highest BCUT2D eigenvalue weighted by Crippen LogP contribution is 2.26. The highest BCUT2D eigenvalue weighted by Gasteiger charge is 2.15. The first-order valence-electron chi connectivity index (χ1n) is 8.78. The highest BCUT2D eigenvalue weighted by atomic mass is 16.4. The number of hydrogen-bond acceptors (Lipinski definition) is 2. The summed E-state index contributed by atoms with van der Waals surface area (Å²) in [6, 6.07) is 17.3. The fourth-order valence-electron chi connectivity index (χ4n) is 3.00. The molecule has 0 atom stereocenters. The van der Waals surface area contributed by atoms with Gasteiger partial charge in [-0.05, 0) is 29.7 Å². The van der Waals surface area contributed by atoms with E-state index in [1.54, 1.807) is 6.08 Å². The molecule has 2 aromatic carbocycles. The average molecular weight is 377 g/mol. The molecule has 0 aliphatic rings. The fraction of sp³-hybridized carbons (Fsp3) is 0.130. The van der Waals surface area contributed by atoms with Gasteiger partial charge < -0.3 is 14.8 Å². The summed E-state index contributed by atoms with van der Waals surface area (Å²) in [5.41, 5.74) is 3.90. The van der Waals surface area contributed by atoms with Gasteiger partial charge >= 0.3 is 11.9 Å². The Hall–Kier alpha value is -3.60. The Labute approximate surface area is 163 Å². The van der Waals surface area contributed by atoms with Crippen molar-refractivity contribution in [2.24, 2.45) is 7.05 Å². The zero-order chi connectivity index (χ0) is 20.5. The molecule has 1 heterocycles. The SMILES string of the molecule is C=CCc1c(CC(=O)O)n(C)c2ccccc12.O=C(O)C=Cc1ccccc1. The summed E-state index contributed by atoms with van der Waals surface area (Å²) in [6.45, 7) is 3.74. The van der Waals surface area contributed by atoms with E-state index >= 15 is 0 Å². The van der Waals surface area contributed by atoms with Crippen LogP contribution in [0.2, 0.25) is 0 Å². The third-order valence-electron chi connectivity index (χ3n) is 4.23. The number of benzene rings is 2. The van der Waals surface area contributed by atoms with Crippen molar-refractivity contribution in [3.05, 3.63) is 90.1 Å². The molecule has 1 aromatic heterocycles. The van der Waals surface area contributed by atoms with Crippen LogP contribution in [0.25, 0.3) is 17.0 Å². The zero-order valence-electron chi connectivity index (χ0n) is 15.7. The number of nitrogens with zero attached hydrogens (tertiary/aromatic N) is 1. The molecule has 0 aliphatic carbocycles. The lowest BCUT2D eigenvalue weighted by molar-refractivity contribution is -0.136. The molecule has 5 heteroatoms. The van der Waals surface area contributed by atoms with Gasteiger partial charge in [0.15, 0.2) is 0 Å². The molecule has 0 saturated carbocycles. The Morgan fingerprint density at radius 2 is 1.68 bits per heavy atom. The lowest BCUT2D eigenvalue weighted by Gasteiger charge is -2.03. The number of para-hydroxylation sites is 1. The lowest BCUT2D eigenvalue weighted by Crippen LogP contribution is -2.07. The van der Waals surface area contributed by atoms with Gasteiger partial charge in [-0.3, -0.25) is 4.79 Å². The van der Waals surface area contributed by atoms with Crippen LogP contribution in [-0.4, -0.2) is 26.7 Å². The van der Waals surface area contributed by atoms with Crippen molar-refractivity contribution in [1.29, 1.82) is 0 Å². The maximum atomic E-state index is 10.9. The van der Waals surface area contributed by atoms with Crippen LogP contribution in [0, 0.1) is 0 Å². The topological polar surface area (TPSA) is 79.5 Å². The number of rotatable bonds is 6. The molecular formula is C23H23NO4. The third-order valence-corrected chi connectivity index (χ3v) is 4.23. The average Bonchev–Trinajstić information content (AvgIpc) is 2.94. The minimum absolute atomic E-state index is 0.0500. The van der Waals surface area contributed by atoms with Crippen LogP contribution < -0.4 is 0 Å². The summed E-state index contributed by atoms with van der Waals surface area (Å²) in [6.07, 6.45) is 5.24. The first-order valence-corrected chi connectivity index (χ1v) is 8.78. The summed E-state index contributed by atoms with van der Waals surface area (Å²) in [5, 5.41) is 18.4. The van der Waals surface area contributed by atoms with E-state index in [1.165, 1.54) is 0 Å². The standard InChI is InChI=1S/C14H15NO2.C9H8O2/c1-3-6-10-11-7-4-5-8-12(11)15(2)13(10)9-14(16)17;10-9(11)7-6-8-4-2-1-3-5-8/h3-5,7-8H,1,6,9H2,2H3,(H,16,17);1-7H,(H,10,11). The molecule has 0 bridgehead atoms. The fourth-order valence-corrected chi connectivity index (χ4v) is 3.00. The van der Waals surface area contributed by atoms with E-state index in [1.807, 2.05) is 72.3 Å². The number of carboxylic acid groups (broad SMARTS) is 2. The third kappa shape index (κ3) is 5.45. The van der Waals surface area contributed by atoms with Crippen LogP contribution in [0.3, 0.4) is 0 Å². The van der Waals surface area contributed by atoms with Crippen LogP contribution in [0.5, 0.6) is 0 Å². The summed E-state index contributed by atoms with van der Waals surface area (Å²) in [5.74, 6) is -1.73. The van der Waals surface area contributed by atoms with Gasteiger partial charge in [-0.25, -0.2) is 4.79 Å². The van der Waals surface area contributed by atoms with Gasteiger partial charge in [0.1, 0.15) is 0 Å². The zero-order valence-corrected chi connectivity index (χ0v) is 15.7. The van der Waals surface area contributed by atoms with Crippen LogP contribution in [0.4, 0.5) is 0 Å². The van der Waals surface area contributed by atoms with E-state index in [9.17, 15) is 9.59 Å². The number of hydrogen-bond donors (Lipinski definition) is 2. The number of allylic oxidation sites excluding steroid dienone is 1. The van der Waals surface area contributed by atoms with Crippen LogP contribution in [0.15, 0.2) is 73.3 Å². The van der Waals surface area contributed by atoms with Crippen molar-refractivity contribution in [3.63, 3.8) is 0 Å². The van der Waals surface area contributed by atoms with Gasteiger partial charge in [-0.15, -0.1) is 6.58 Å². The maximum Gasteiger partial charge on any atom is 0.328 e. The van der Waals surface area contributed by atoms with Gasteiger partial charge in [0.25, 0.3) is 0 Å². The molecule has 0 radical (unpaired) electrons. The number of aromatic nitrogens is 1. The summed E-state index contributed by atoms with van der Waals surface area (Å²) in [7, 11) is 1.91. The minimum Gasteiger partial charge on any atom is -0.481 e. The lowest BCUT2D eigenvalue weighted by atomic mass is 10.1. The molecule has 2 N–H and O–H groups in total. The Balaban J connectivity index is 0.000000221. The molecule has 28 heavy (non-hydrogen) atoms. The van der Waals surface area contributed by atoms with Crippen molar-refractivity contribution < 1.29 is 19.8 Å². The number of carbonyl (C=O) groups is 2. The Morgan fingerprint density at radius 1 is 1.04 bits per heavy atom. The molecule has 0 fully saturated rings. The molecule has 5 nitrogen and oxygen atoms in total. The quantitative estimate of drug-likeness (QED) is 0.495. The first-order chi connectivity index (χ1) is 13.4. The van der Waals surface area contributed by atoms with E-state index in [0.717, 1.165) is 33.8 Å². The second kappa shape index (κ2) is 9.92. The summed E-state index contributed by atoms with van der Waals surface area (Å²) < 4.78 is 1.96. The Morgan fingerprint density at radius 3 is 2.29 bits per heavy atom. The Kier molecular flexibility index (Phi) is 7.34. The Bertz CT molecular complexity index is 1000. The second-order valence-corrected chi connectivity index (χ2v) is 6.15. The van der Waals surface area contributed by atoms with E-state index in [-0.39, 0.29) is 6.42 Å². The summed E-state index contributed by atoms with van der Waals surface area (Å²) >= 11 is 0. The molecule has 3 aromatic rings. The largest absolute Gasteiger partial charge is 0.481 e. The molecule has 0 aliphatic heterocycles. The van der Waals surface area contributed by atoms with Crippen molar-refractivity contribution in [1.82, 2.24) is 4.57 Å². The van der Waals surface area contributed by atoms with Gasteiger partial charge in [-0.2, -0.15) is 0 Å². The molecule has 0 saturated heterocycles. The molecule has 0 amide bonds. The normalized spacial score (nSPS) is 10.5. The minimum atomic E-state index is -0.922. The smallest absolute Gasteiger partial charge is 0.328 e. The second-order valence-electron chi connectivity index (χ2n) is 6.15. The first kappa shape index (κ1) is 20.7.